The topological polar surface area (TPSA) is 53.8 Å². The second-order valence-electron chi connectivity index (χ2n) is 2.39. The summed E-state index contributed by atoms with van der Waals surface area (Å²) in [6, 6.07) is 0. The average molecular weight is 193 g/mol. The van der Waals surface area contributed by atoms with Crippen LogP contribution in [0.5, 0.6) is 0 Å². The number of rotatable bonds is 5. The Bertz CT molecular complexity index is 277. The standard InChI is InChI=1S/C10H15N3O/c1-4-5-6-9(11-2)7-13-8-10(14)12-3/h4-7H,1,8H2,2-3H3,(H,12,14)/b6-5-,11-9?,13-7?. The lowest BCUT2D eigenvalue weighted by molar-refractivity contribution is -0.119. The van der Waals surface area contributed by atoms with Crippen LogP contribution in [-0.2, 0) is 4.79 Å². The van der Waals surface area contributed by atoms with Gasteiger partial charge in [-0.05, 0) is 6.08 Å². The molecule has 0 fully saturated rings. The first kappa shape index (κ1) is 12.3. The molecule has 0 heterocycles. The van der Waals surface area contributed by atoms with Crippen LogP contribution in [-0.4, -0.2) is 38.5 Å². The molecular weight excluding hydrogens is 178 g/mol. The van der Waals surface area contributed by atoms with Gasteiger partial charge in [-0.1, -0.05) is 18.7 Å². The fourth-order valence-corrected chi connectivity index (χ4v) is 0.643. The fourth-order valence-electron chi connectivity index (χ4n) is 0.643. The molecule has 1 amide bonds. The second kappa shape index (κ2) is 7.91. The van der Waals surface area contributed by atoms with Crippen molar-refractivity contribution in [1.82, 2.24) is 5.32 Å². The molecule has 0 bridgehead atoms. The highest BCUT2D eigenvalue weighted by atomic mass is 16.1. The summed E-state index contributed by atoms with van der Waals surface area (Å²) in [6.07, 6.45) is 6.72. The van der Waals surface area contributed by atoms with Gasteiger partial charge < -0.3 is 5.32 Å². The third kappa shape index (κ3) is 5.88. The van der Waals surface area contributed by atoms with Crippen LogP contribution in [0.1, 0.15) is 0 Å². The van der Waals surface area contributed by atoms with Gasteiger partial charge in [-0.25, -0.2) is 0 Å². The van der Waals surface area contributed by atoms with Crippen LogP contribution >= 0.6 is 0 Å². The molecule has 0 aromatic heterocycles. The number of carbonyl (C=O) groups is 1. The van der Waals surface area contributed by atoms with Crippen molar-refractivity contribution < 1.29 is 4.79 Å². The summed E-state index contributed by atoms with van der Waals surface area (Å²) in [5.41, 5.74) is 0.703. The van der Waals surface area contributed by atoms with Gasteiger partial charge in [0, 0.05) is 20.3 Å². The second-order valence-corrected chi connectivity index (χ2v) is 2.39. The minimum atomic E-state index is -0.121. The molecule has 4 heteroatoms. The quantitative estimate of drug-likeness (QED) is 0.505. The third-order valence-corrected chi connectivity index (χ3v) is 1.40. The number of hydrogen-bond donors (Lipinski definition) is 1. The predicted octanol–water partition coefficient (Wildman–Crippen LogP) is 0.616. The van der Waals surface area contributed by atoms with E-state index in [1.165, 1.54) is 0 Å². The molecule has 0 aliphatic rings. The van der Waals surface area contributed by atoms with Crippen molar-refractivity contribution in [1.29, 1.82) is 0 Å². The van der Waals surface area contributed by atoms with Crippen LogP contribution in [0.25, 0.3) is 0 Å². The first-order chi connectivity index (χ1) is 6.74. The highest BCUT2D eigenvalue weighted by Gasteiger charge is 1.92. The zero-order valence-electron chi connectivity index (χ0n) is 8.53. The van der Waals surface area contributed by atoms with E-state index in [1.54, 1.807) is 38.5 Å². The van der Waals surface area contributed by atoms with Crippen molar-refractivity contribution in [3.8, 4) is 0 Å². The Hall–Kier alpha value is -1.71. The summed E-state index contributed by atoms with van der Waals surface area (Å²) >= 11 is 0. The number of allylic oxidation sites excluding steroid dienone is 3. The summed E-state index contributed by atoms with van der Waals surface area (Å²) in [6.45, 7) is 3.66. The predicted molar refractivity (Wildman–Crippen MR) is 60.1 cm³/mol. The van der Waals surface area contributed by atoms with Crippen LogP contribution < -0.4 is 5.32 Å². The number of nitrogens with zero attached hydrogens (tertiary/aromatic N) is 2. The smallest absolute Gasteiger partial charge is 0.241 e. The van der Waals surface area contributed by atoms with Gasteiger partial charge in [-0.2, -0.15) is 0 Å². The van der Waals surface area contributed by atoms with Crippen molar-refractivity contribution in [2.24, 2.45) is 9.98 Å². The van der Waals surface area contributed by atoms with Crippen molar-refractivity contribution in [3.05, 3.63) is 24.8 Å². The Labute approximate surface area is 84.1 Å². The van der Waals surface area contributed by atoms with Gasteiger partial charge in [0.05, 0.1) is 5.71 Å². The van der Waals surface area contributed by atoms with E-state index in [9.17, 15) is 4.79 Å². The van der Waals surface area contributed by atoms with Crippen LogP contribution in [0.3, 0.4) is 0 Å². The normalized spacial score (nSPS) is 12.3. The largest absolute Gasteiger partial charge is 0.358 e. The Kier molecular flexibility index (Phi) is 6.95. The van der Waals surface area contributed by atoms with E-state index in [1.807, 2.05) is 0 Å². The monoisotopic (exact) mass is 193 g/mol. The minimum absolute atomic E-state index is 0.121. The number of amides is 1. The minimum Gasteiger partial charge on any atom is -0.358 e. The van der Waals surface area contributed by atoms with Crippen LogP contribution in [0, 0.1) is 0 Å². The van der Waals surface area contributed by atoms with Gasteiger partial charge in [-0.15, -0.1) is 0 Å². The number of likely N-dealkylation sites (N-methyl/N-ethyl adjacent to an activating group) is 1. The maximum Gasteiger partial charge on any atom is 0.241 e. The number of carbonyl (C=O) groups excluding carboxylic acids is 1. The molecule has 0 atom stereocenters. The SMILES string of the molecule is C=C/C=C\C(C=NCC(=O)NC)=NC. The molecule has 4 nitrogen and oxygen atoms in total. The Morgan fingerprint density at radius 2 is 2.29 bits per heavy atom. The molecule has 0 unspecified atom stereocenters. The van der Waals surface area contributed by atoms with Gasteiger partial charge in [0.15, 0.2) is 0 Å². The van der Waals surface area contributed by atoms with Gasteiger partial charge in [0.25, 0.3) is 0 Å². The summed E-state index contributed by atoms with van der Waals surface area (Å²) in [7, 11) is 3.24. The summed E-state index contributed by atoms with van der Waals surface area (Å²) in [5.74, 6) is -0.121. The van der Waals surface area contributed by atoms with E-state index in [-0.39, 0.29) is 12.5 Å². The molecule has 0 radical (unpaired) electrons. The van der Waals surface area contributed by atoms with E-state index in [4.69, 9.17) is 0 Å². The molecule has 0 aliphatic carbocycles. The molecule has 0 spiro atoms. The van der Waals surface area contributed by atoms with Gasteiger partial charge >= 0.3 is 0 Å². The Morgan fingerprint density at radius 1 is 1.57 bits per heavy atom. The van der Waals surface area contributed by atoms with Gasteiger partial charge in [0.1, 0.15) is 6.54 Å². The van der Waals surface area contributed by atoms with E-state index in [0.717, 1.165) is 0 Å². The lowest BCUT2D eigenvalue weighted by Crippen LogP contribution is -2.20. The van der Waals surface area contributed by atoms with Gasteiger partial charge in [-0.3, -0.25) is 14.8 Å². The van der Waals surface area contributed by atoms with Crippen molar-refractivity contribution in [3.63, 3.8) is 0 Å². The maximum atomic E-state index is 10.8. The Morgan fingerprint density at radius 3 is 2.79 bits per heavy atom. The zero-order chi connectivity index (χ0) is 10.8. The highest BCUT2D eigenvalue weighted by Crippen LogP contribution is 1.80. The molecule has 0 aromatic rings. The summed E-state index contributed by atoms with van der Waals surface area (Å²) in [5, 5.41) is 2.47. The first-order valence-electron chi connectivity index (χ1n) is 4.21. The molecule has 0 rings (SSSR count). The van der Waals surface area contributed by atoms with Crippen molar-refractivity contribution in [2.45, 2.75) is 0 Å². The van der Waals surface area contributed by atoms with E-state index in [2.05, 4.69) is 21.9 Å². The fraction of sp³-hybridized carbons (Fsp3) is 0.300. The lowest BCUT2D eigenvalue weighted by atomic mass is 10.3. The van der Waals surface area contributed by atoms with E-state index < -0.39 is 0 Å². The summed E-state index contributed by atoms with van der Waals surface area (Å²) in [4.78, 5) is 18.7. The molecular formula is C10H15N3O. The zero-order valence-corrected chi connectivity index (χ0v) is 8.53. The molecule has 76 valence electrons. The third-order valence-electron chi connectivity index (χ3n) is 1.40. The van der Waals surface area contributed by atoms with E-state index >= 15 is 0 Å². The first-order valence-corrected chi connectivity index (χ1v) is 4.21. The molecule has 14 heavy (non-hydrogen) atoms. The Balaban J connectivity index is 4.12. The molecule has 0 saturated heterocycles. The molecule has 0 aromatic carbocycles. The van der Waals surface area contributed by atoms with Crippen LogP contribution in [0.15, 0.2) is 34.8 Å². The number of nitrogens with one attached hydrogen (secondary N) is 1. The number of aliphatic imine (C=N–C) groups is 2. The lowest BCUT2D eigenvalue weighted by Gasteiger charge is -1.93. The summed E-state index contributed by atoms with van der Waals surface area (Å²) < 4.78 is 0. The molecule has 0 saturated carbocycles. The number of hydrogen-bond acceptors (Lipinski definition) is 3. The van der Waals surface area contributed by atoms with Crippen molar-refractivity contribution in [2.75, 3.05) is 20.6 Å². The van der Waals surface area contributed by atoms with E-state index in [0.29, 0.717) is 5.71 Å². The van der Waals surface area contributed by atoms with Crippen LogP contribution in [0.4, 0.5) is 0 Å². The molecule has 1 N–H and O–H groups in total. The maximum absolute atomic E-state index is 10.8. The van der Waals surface area contributed by atoms with Crippen LogP contribution in [0.2, 0.25) is 0 Å². The van der Waals surface area contributed by atoms with Crippen molar-refractivity contribution >= 4 is 17.8 Å². The highest BCUT2D eigenvalue weighted by molar-refractivity contribution is 6.35. The average Bonchev–Trinajstić information content (AvgIpc) is 2.22. The molecule has 0 aliphatic heterocycles. The van der Waals surface area contributed by atoms with Gasteiger partial charge in [0.2, 0.25) is 5.91 Å².